The highest BCUT2D eigenvalue weighted by Crippen LogP contribution is 2.29. The highest BCUT2D eigenvalue weighted by atomic mass is 16.7. The van der Waals surface area contributed by atoms with Crippen LogP contribution in [-0.4, -0.2) is 37.2 Å². The number of ether oxygens (including phenoxy) is 4. The fourth-order valence-electron chi connectivity index (χ4n) is 2.89. The lowest BCUT2D eigenvalue weighted by Gasteiger charge is -2.41. The van der Waals surface area contributed by atoms with E-state index in [0.29, 0.717) is 26.2 Å². The predicted octanol–water partition coefficient (Wildman–Crippen LogP) is 3.46. The molecule has 0 radical (unpaired) electrons. The van der Waals surface area contributed by atoms with Crippen LogP contribution in [0.25, 0.3) is 0 Å². The molecule has 1 aliphatic heterocycles. The second-order valence-corrected chi connectivity index (χ2v) is 6.57. The summed E-state index contributed by atoms with van der Waals surface area (Å²) in [5, 5.41) is 0. The first kappa shape index (κ1) is 18.9. The average molecular weight is 336 g/mol. The first-order valence-electron chi connectivity index (χ1n) is 8.55. The van der Waals surface area contributed by atoms with E-state index >= 15 is 0 Å². The van der Waals surface area contributed by atoms with Crippen molar-refractivity contribution in [1.29, 1.82) is 0 Å². The minimum absolute atomic E-state index is 0.0345. The molecule has 0 bridgehead atoms. The Balaban J connectivity index is 1.71. The van der Waals surface area contributed by atoms with Gasteiger partial charge in [0.2, 0.25) is 0 Å². The fraction of sp³-hybridized carbons (Fsp3) is 0.632. The van der Waals surface area contributed by atoms with Crippen LogP contribution in [-0.2, 0) is 30.3 Å². The highest BCUT2D eigenvalue weighted by Gasteiger charge is 2.35. The minimum atomic E-state index is -0.622. The standard InChI is InChI=1S/C19H28O5/c1-15(20)22-12-10-18-13-17(23-19(2,3)24-18)9-11-21-14-16-7-5-4-6-8-16/h4-8,17-18H,9-14H2,1-3H3/t17-,18+/m1/s1. The van der Waals surface area contributed by atoms with Crippen molar-refractivity contribution in [2.45, 2.75) is 64.6 Å². The zero-order valence-electron chi connectivity index (χ0n) is 14.8. The highest BCUT2D eigenvalue weighted by molar-refractivity contribution is 5.65. The second-order valence-electron chi connectivity index (χ2n) is 6.57. The van der Waals surface area contributed by atoms with Crippen molar-refractivity contribution in [3.05, 3.63) is 35.9 Å². The quantitative estimate of drug-likeness (QED) is 0.537. The molecule has 0 unspecified atom stereocenters. The lowest BCUT2D eigenvalue weighted by atomic mass is 10.0. The summed E-state index contributed by atoms with van der Waals surface area (Å²) in [5.41, 5.74) is 1.17. The Labute approximate surface area is 144 Å². The normalized spacial score (nSPS) is 23.0. The van der Waals surface area contributed by atoms with E-state index < -0.39 is 5.79 Å². The van der Waals surface area contributed by atoms with Gasteiger partial charge in [0.1, 0.15) is 0 Å². The Hall–Kier alpha value is -1.43. The summed E-state index contributed by atoms with van der Waals surface area (Å²) in [6.45, 7) is 6.90. The maximum Gasteiger partial charge on any atom is 0.302 e. The van der Waals surface area contributed by atoms with Crippen LogP contribution >= 0.6 is 0 Å². The zero-order chi connectivity index (χ0) is 17.4. The maximum absolute atomic E-state index is 10.9. The van der Waals surface area contributed by atoms with Crippen LogP contribution in [0.2, 0.25) is 0 Å². The third-order valence-corrected chi connectivity index (χ3v) is 3.87. The Bertz CT molecular complexity index is 500. The molecule has 0 aromatic heterocycles. The van der Waals surface area contributed by atoms with E-state index in [-0.39, 0.29) is 18.2 Å². The van der Waals surface area contributed by atoms with Gasteiger partial charge in [-0.25, -0.2) is 0 Å². The molecule has 0 spiro atoms. The van der Waals surface area contributed by atoms with E-state index in [4.69, 9.17) is 18.9 Å². The molecule has 1 heterocycles. The third kappa shape index (κ3) is 6.99. The van der Waals surface area contributed by atoms with E-state index in [1.54, 1.807) is 0 Å². The first-order chi connectivity index (χ1) is 11.4. The van der Waals surface area contributed by atoms with Gasteiger partial charge in [-0.2, -0.15) is 0 Å². The van der Waals surface area contributed by atoms with Gasteiger partial charge in [0.05, 0.1) is 25.4 Å². The second kappa shape index (κ2) is 9.16. The third-order valence-electron chi connectivity index (χ3n) is 3.87. The molecule has 24 heavy (non-hydrogen) atoms. The van der Waals surface area contributed by atoms with Gasteiger partial charge in [0, 0.05) is 26.4 Å². The van der Waals surface area contributed by atoms with Crippen LogP contribution in [0, 0.1) is 0 Å². The summed E-state index contributed by atoms with van der Waals surface area (Å²) >= 11 is 0. The largest absolute Gasteiger partial charge is 0.466 e. The number of carbonyl (C=O) groups is 1. The van der Waals surface area contributed by atoms with Crippen LogP contribution < -0.4 is 0 Å². The van der Waals surface area contributed by atoms with Gasteiger partial charge in [-0.15, -0.1) is 0 Å². The van der Waals surface area contributed by atoms with Gasteiger partial charge >= 0.3 is 5.97 Å². The van der Waals surface area contributed by atoms with Gasteiger partial charge in [0.15, 0.2) is 5.79 Å². The molecule has 134 valence electrons. The minimum Gasteiger partial charge on any atom is -0.466 e. The summed E-state index contributed by atoms with van der Waals surface area (Å²) in [6, 6.07) is 10.1. The Morgan fingerprint density at radius 1 is 1.12 bits per heavy atom. The maximum atomic E-state index is 10.9. The molecule has 1 saturated heterocycles. The summed E-state index contributed by atoms with van der Waals surface area (Å²) in [4.78, 5) is 10.9. The number of esters is 1. The van der Waals surface area contributed by atoms with Gasteiger partial charge in [-0.1, -0.05) is 30.3 Å². The van der Waals surface area contributed by atoms with E-state index in [0.717, 1.165) is 12.8 Å². The average Bonchev–Trinajstić information content (AvgIpc) is 2.51. The first-order valence-corrected chi connectivity index (χ1v) is 8.55. The molecule has 2 rings (SSSR count). The monoisotopic (exact) mass is 336 g/mol. The molecule has 5 heteroatoms. The predicted molar refractivity (Wildman–Crippen MR) is 90.4 cm³/mol. The lowest BCUT2D eigenvalue weighted by molar-refractivity contribution is -0.302. The molecule has 0 aliphatic carbocycles. The SMILES string of the molecule is CC(=O)OCC[C@H]1C[C@@H](CCOCc2ccccc2)OC(C)(C)O1. The van der Waals surface area contributed by atoms with Crippen molar-refractivity contribution in [3.8, 4) is 0 Å². The zero-order valence-corrected chi connectivity index (χ0v) is 14.8. The molecule has 1 fully saturated rings. The van der Waals surface area contributed by atoms with E-state index in [1.165, 1.54) is 12.5 Å². The van der Waals surface area contributed by atoms with Crippen molar-refractivity contribution in [2.24, 2.45) is 0 Å². The molecule has 1 aliphatic rings. The fourth-order valence-corrected chi connectivity index (χ4v) is 2.89. The Kier molecular flexibility index (Phi) is 7.21. The number of rotatable bonds is 8. The summed E-state index contributed by atoms with van der Waals surface area (Å²) in [6.07, 6.45) is 2.43. The van der Waals surface area contributed by atoms with E-state index in [2.05, 4.69) is 12.1 Å². The Morgan fingerprint density at radius 2 is 1.75 bits per heavy atom. The summed E-state index contributed by atoms with van der Waals surface area (Å²) in [5.74, 6) is -0.879. The number of carbonyl (C=O) groups excluding carboxylic acids is 1. The van der Waals surface area contributed by atoms with Gasteiger partial charge in [0.25, 0.3) is 0 Å². The van der Waals surface area contributed by atoms with Crippen LogP contribution in [0.15, 0.2) is 30.3 Å². The van der Waals surface area contributed by atoms with Gasteiger partial charge in [-0.3, -0.25) is 4.79 Å². The van der Waals surface area contributed by atoms with Crippen LogP contribution in [0.5, 0.6) is 0 Å². The van der Waals surface area contributed by atoms with Crippen molar-refractivity contribution in [1.82, 2.24) is 0 Å². The molecular weight excluding hydrogens is 308 g/mol. The lowest BCUT2D eigenvalue weighted by Crippen LogP contribution is -2.45. The molecule has 0 amide bonds. The molecule has 2 atom stereocenters. The van der Waals surface area contributed by atoms with Crippen molar-refractivity contribution >= 4 is 5.97 Å². The van der Waals surface area contributed by atoms with Gasteiger partial charge in [-0.05, 0) is 25.8 Å². The number of hydrogen-bond acceptors (Lipinski definition) is 5. The van der Waals surface area contributed by atoms with Crippen LogP contribution in [0.4, 0.5) is 0 Å². The summed E-state index contributed by atoms with van der Waals surface area (Å²) in [7, 11) is 0. The van der Waals surface area contributed by atoms with Crippen LogP contribution in [0.1, 0.15) is 45.6 Å². The molecule has 5 nitrogen and oxygen atoms in total. The molecular formula is C19H28O5. The smallest absolute Gasteiger partial charge is 0.302 e. The number of hydrogen-bond donors (Lipinski definition) is 0. The van der Waals surface area contributed by atoms with Gasteiger partial charge < -0.3 is 18.9 Å². The van der Waals surface area contributed by atoms with E-state index in [9.17, 15) is 4.79 Å². The van der Waals surface area contributed by atoms with Crippen LogP contribution in [0.3, 0.4) is 0 Å². The number of benzene rings is 1. The van der Waals surface area contributed by atoms with Crippen molar-refractivity contribution < 1.29 is 23.7 Å². The van der Waals surface area contributed by atoms with E-state index in [1.807, 2.05) is 32.0 Å². The van der Waals surface area contributed by atoms with Crippen molar-refractivity contribution in [2.75, 3.05) is 13.2 Å². The Morgan fingerprint density at radius 3 is 2.38 bits per heavy atom. The molecule has 0 N–H and O–H groups in total. The molecule has 0 saturated carbocycles. The van der Waals surface area contributed by atoms with Crippen molar-refractivity contribution in [3.63, 3.8) is 0 Å². The topological polar surface area (TPSA) is 54.0 Å². The molecule has 1 aromatic carbocycles. The molecule has 1 aromatic rings. The summed E-state index contributed by atoms with van der Waals surface area (Å²) < 4.78 is 22.6.